The van der Waals surface area contributed by atoms with E-state index >= 15 is 0 Å². The Morgan fingerprint density at radius 3 is 2.57 bits per heavy atom. The fourth-order valence-corrected chi connectivity index (χ4v) is 1.96. The summed E-state index contributed by atoms with van der Waals surface area (Å²) in [6, 6.07) is 3.96. The third-order valence-electron chi connectivity index (χ3n) is 2.70. The minimum absolute atomic E-state index is 0.0167. The van der Waals surface area contributed by atoms with Crippen LogP contribution in [0.15, 0.2) is 18.2 Å². The van der Waals surface area contributed by atoms with Crippen LogP contribution in [0.5, 0.6) is 0 Å². The van der Waals surface area contributed by atoms with Crippen molar-refractivity contribution in [3.05, 3.63) is 38.9 Å². The highest BCUT2D eigenvalue weighted by atomic mass is 35.5. The summed E-state index contributed by atoms with van der Waals surface area (Å²) in [7, 11) is 0. The summed E-state index contributed by atoms with van der Waals surface area (Å²) in [5.74, 6) is -1.10. The van der Waals surface area contributed by atoms with Crippen LogP contribution in [0, 0.1) is 10.1 Å². The van der Waals surface area contributed by atoms with Gasteiger partial charge in [-0.05, 0) is 19.9 Å². The number of likely N-dealkylation sites (N-methyl/N-ethyl adjacent to an activating group) is 1. The summed E-state index contributed by atoms with van der Waals surface area (Å²) >= 11 is 5.89. The van der Waals surface area contributed by atoms with Crippen LogP contribution in [-0.2, 0) is 9.53 Å². The molecule has 21 heavy (non-hydrogen) atoms. The highest BCUT2D eigenvalue weighted by Crippen LogP contribution is 2.28. The topological polar surface area (TPSA) is 89.8 Å². The molecule has 0 spiro atoms. The minimum Gasteiger partial charge on any atom is -0.465 e. The average Bonchev–Trinajstić information content (AvgIpc) is 2.44. The van der Waals surface area contributed by atoms with E-state index in [0.717, 1.165) is 0 Å². The zero-order chi connectivity index (χ0) is 16.0. The van der Waals surface area contributed by atoms with E-state index in [4.69, 9.17) is 16.3 Å². The summed E-state index contributed by atoms with van der Waals surface area (Å²) in [5.41, 5.74) is -0.369. The summed E-state index contributed by atoms with van der Waals surface area (Å²) in [6.45, 7) is 3.57. The maximum absolute atomic E-state index is 12.3. The van der Waals surface area contributed by atoms with E-state index in [1.165, 1.54) is 23.1 Å². The van der Waals surface area contributed by atoms with Gasteiger partial charge in [0.15, 0.2) is 0 Å². The number of nitro benzene ring substituents is 1. The molecule has 8 heteroatoms. The first-order valence-electron chi connectivity index (χ1n) is 6.30. The predicted octanol–water partition coefficient (Wildman–Crippen LogP) is 2.27. The van der Waals surface area contributed by atoms with Crippen molar-refractivity contribution in [2.75, 3.05) is 19.7 Å². The predicted molar refractivity (Wildman–Crippen MR) is 76.3 cm³/mol. The fourth-order valence-electron chi connectivity index (χ4n) is 1.69. The lowest BCUT2D eigenvalue weighted by Gasteiger charge is -2.20. The molecule has 7 nitrogen and oxygen atoms in total. The quantitative estimate of drug-likeness (QED) is 0.456. The smallest absolute Gasteiger partial charge is 0.325 e. The molecule has 0 heterocycles. The second-order valence-corrected chi connectivity index (χ2v) is 4.40. The van der Waals surface area contributed by atoms with Gasteiger partial charge in [-0.1, -0.05) is 17.7 Å². The highest BCUT2D eigenvalue weighted by molar-refractivity contribution is 6.35. The molecule has 0 radical (unpaired) electrons. The minimum atomic E-state index is -0.666. The first kappa shape index (κ1) is 16.9. The van der Waals surface area contributed by atoms with Crippen molar-refractivity contribution in [1.29, 1.82) is 0 Å². The van der Waals surface area contributed by atoms with Crippen molar-refractivity contribution in [2.45, 2.75) is 13.8 Å². The maximum Gasteiger partial charge on any atom is 0.325 e. The van der Waals surface area contributed by atoms with E-state index < -0.39 is 16.8 Å². The van der Waals surface area contributed by atoms with Gasteiger partial charge in [-0.25, -0.2) is 0 Å². The number of esters is 1. The van der Waals surface area contributed by atoms with E-state index in [1.807, 2.05) is 0 Å². The number of carbonyl (C=O) groups excluding carboxylic acids is 2. The standard InChI is InChI=1S/C13H15ClN2O5/c1-3-15(8-11(17)21-4-2)13(18)9-6-5-7-10(12(9)14)16(19)20/h5-7H,3-4,8H2,1-2H3. The van der Waals surface area contributed by atoms with Gasteiger partial charge in [-0.2, -0.15) is 0 Å². The SMILES string of the molecule is CCOC(=O)CN(CC)C(=O)c1cccc([N+](=O)[O-])c1Cl. The Hall–Kier alpha value is -2.15. The molecule has 1 aromatic rings. The van der Waals surface area contributed by atoms with Crippen LogP contribution in [0.25, 0.3) is 0 Å². The number of carbonyl (C=O) groups is 2. The third-order valence-corrected chi connectivity index (χ3v) is 3.10. The van der Waals surface area contributed by atoms with Gasteiger partial charge in [-0.3, -0.25) is 19.7 Å². The Bertz CT molecular complexity index is 561. The molecule has 1 aromatic carbocycles. The number of amides is 1. The van der Waals surface area contributed by atoms with Crippen molar-refractivity contribution < 1.29 is 19.2 Å². The molecule has 1 rings (SSSR count). The number of nitro groups is 1. The van der Waals surface area contributed by atoms with Crippen molar-refractivity contribution in [3.63, 3.8) is 0 Å². The zero-order valence-corrected chi connectivity index (χ0v) is 12.4. The van der Waals surface area contributed by atoms with E-state index in [9.17, 15) is 19.7 Å². The van der Waals surface area contributed by atoms with Crippen molar-refractivity contribution in [2.24, 2.45) is 0 Å². The molecular formula is C13H15ClN2O5. The molecule has 0 aliphatic carbocycles. The molecule has 114 valence electrons. The Balaban J connectivity index is 3.03. The second-order valence-electron chi connectivity index (χ2n) is 4.02. The van der Waals surface area contributed by atoms with Crippen LogP contribution >= 0.6 is 11.6 Å². The lowest BCUT2D eigenvalue weighted by Crippen LogP contribution is -2.36. The summed E-state index contributed by atoms with van der Waals surface area (Å²) < 4.78 is 4.78. The molecule has 0 unspecified atom stereocenters. The number of nitrogens with zero attached hydrogens (tertiary/aromatic N) is 2. The summed E-state index contributed by atoms with van der Waals surface area (Å²) in [5, 5.41) is 10.6. The first-order valence-corrected chi connectivity index (χ1v) is 6.67. The lowest BCUT2D eigenvalue weighted by atomic mass is 10.1. The van der Waals surface area contributed by atoms with Gasteiger partial charge in [0.25, 0.3) is 11.6 Å². The van der Waals surface area contributed by atoms with Gasteiger partial charge in [0.2, 0.25) is 0 Å². The number of benzene rings is 1. The van der Waals surface area contributed by atoms with Gasteiger partial charge >= 0.3 is 5.97 Å². The average molecular weight is 315 g/mol. The molecule has 0 bridgehead atoms. The van der Waals surface area contributed by atoms with Crippen LogP contribution < -0.4 is 0 Å². The molecule has 0 aromatic heterocycles. The Morgan fingerprint density at radius 1 is 1.38 bits per heavy atom. The maximum atomic E-state index is 12.3. The van der Waals surface area contributed by atoms with E-state index in [1.54, 1.807) is 13.8 Å². The molecule has 0 aliphatic rings. The van der Waals surface area contributed by atoms with Gasteiger partial charge in [0.1, 0.15) is 11.6 Å². The molecule has 1 amide bonds. The number of halogens is 1. The van der Waals surface area contributed by atoms with E-state index in [2.05, 4.69) is 0 Å². The van der Waals surface area contributed by atoms with Gasteiger partial charge in [-0.15, -0.1) is 0 Å². The van der Waals surface area contributed by atoms with E-state index in [0.29, 0.717) is 0 Å². The fraction of sp³-hybridized carbons (Fsp3) is 0.385. The zero-order valence-electron chi connectivity index (χ0n) is 11.7. The Kier molecular flexibility index (Phi) is 6.10. The molecule has 0 saturated heterocycles. The van der Waals surface area contributed by atoms with Crippen molar-refractivity contribution in [1.82, 2.24) is 4.90 Å². The summed E-state index contributed by atoms with van der Waals surface area (Å²) in [4.78, 5) is 35.1. The van der Waals surface area contributed by atoms with Crippen LogP contribution in [0.3, 0.4) is 0 Å². The van der Waals surface area contributed by atoms with Crippen molar-refractivity contribution >= 4 is 29.2 Å². The van der Waals surface area contributed by atoms with E-state index in [-0.39, 0.29) is 36.0 Å². The van der Waals surface area contributed by atoms with Crippen LogP contribution in [-0.4, -0.2) is 41.4 Å². The molecule has 0 saturated carbocycles. The lowest BCUT2D eigenvalue weighted by molar-refractivity contribution is -0.384. The van der Waals surface area contributed by atoms with Gasteiger partial charge in [0, 0.05) is 12.6 Å². The Morgan fingerprint density at radius 2 is 2.05 bits per heavy atom. The molecule has 0 aliphatic heterocycles. The van der Waals surface area contributed by atoms with Gasteiger partial charge in [0.05, 0.1) is 17.1 Å². The molecular weight excluding hydrogens is 300 g/mol. The van der Waals surface area contributed by atoms with Crippen LogP contribution in [0.2, 0.25) is 5.02 Å². The number of ether oxygens (including phenoxy) is 1. The second kappa shape index (κ2) is 7.58. The third kappa shape index (κ3) is 4.16. The monoisotopic (exact) mass is 314 g/mol. The molecule has 0 N–H and O–H groups in total. The Labute approximate surface area is 126 Å². The number of hydrogen-bond donors (Lipinski definition) is 0. The molecule has 0 atom stereocenters. The normalized spacial score (nSPS) is 10.0. The largest absolute Gasteiger partial charge is 0.465 e. The first-order chi connectivity index (χ1) is 9.92. The highest BCUT2D eigenvalue weighted by Gasteiger charge is 2.24. The number of rotatable bonds is 6. The van der Waals surface area contributed by atoms with Crippen LogP contribution in [0.1, 0.15) is 24.2 Å². The number of hydrogen-bond acceptors (Lipinski definition) is 5. The van der Waals surface area contributed by atoms with Crippen molar-refractivity contribution in [3.8, 4) is 0 Å². The molecule has 0 fully saturated rings. The van der Waals surface area contributed by atoms with Crippen LogP contribution in [0.4, 0.5) is 5.69 Å². The van der Waals surface area contributed by atoms with Gasteiger partial charge < -0.3 is 9.64 Å². The summed E-state index contributed by atoms with van der Waals surface area (Å²) in [6.07, 6.45) is 0.